The Morgan fingerprint density at radius 3 is 2.68 bits per heavy atom. The van der Waals surface area contributed by atoms with Crippen LogP contribution in [0.4, 0.5) is 0 Å². The number of imidazole rings is 1. The second kappa shape index (κ2) is 6.76. The fourth-order valence-electron chi connectivity index (χ4n) is 3.15. The minimum Gasteiger partial charge on any atom is -0.489 e. The Balaban J connectivity index is 1.42. The van der Waals surface area contributed by atoms with E-state index in [1.807, 2.05) is 58.0 Å². The van der Waals surface area contributed by atoms with E-state index in [-0.39, 0.29) is 12.0 Å². The normalized spacial score (nSPS) is 15.5. The van der Waals surface area contributed by atoms with Crippen LogP contribution >= 0.6 is 11.6 Å². The maximum absolute atomic E-state index is 12.8. The van der Waals surface area contributed by atoms with Crippen LogP contribution in [0.3, 0.4) is 0 Å². The van der Waals surface area contributed by atoms with Gasteiger partial charge in [-0.2, -0.15) is 0 Å². The van der Waals surface area contributed by atoms with Gasteiger partial charge >= 0.3 is 0 Å². The number of piperidine rings is 1. The van der Waals surface area contributed by atoms with Gasteiger partial charge in [0.05, 0.1) is 11.2 Å². The van der Waals surface area contributed by atoms with Crippen molar-refractivity contribution in [2.45, 2.75) is 18.9 Å². The summed E-state index contributed by atoms with van der Waals surface area (Å²) < 4.78 is 7.82. The van der Waals surface area contributed by atoms with Gasteiger partial charge in [0.25, 0.3) is 5.91 Å². The molecule has 25 heavy (non-hydrogen) atoms. The van der Waals surface area contributed by atoms with E-state index in [0.717, 1.165) is 18.5 Å². The second-order valence-electron chi connectivity index (χ2n) is 6.11. The maximum atomic E-state index is 12.8. The first-order valence-electron chi connectivity index (χ1n) is 8.35. The molecule has 1 saturated heterocycles. The molecule has 0 saturated carbocycles. The smallest absolute Gasteiger partial charge is 0.272 e. The zero-order valence-electron chi connectivity index (χ0n) is 13.6. The second-order valence-corrected chi connectivity index (χ2v) is 6.52. The van der Waals surface area contributed by atoms with Crippen molar-refractivity contribution in [1.29, 1.82) is 0 Å². The largest absolute Gasteiger partial charge is 0.489 e. The molecule has 1 amide bonds. The highest BCUT2D eigenvalue weighted by molar-refractivity contribution is 6.32. The molecule has 1 aliphatic heterocycles. The molecule has 1 aromatic carbocycles. The molecule has 3 heterocycles. The number of amides is 1. The highest BCUT2D eigenvalue weighted by Crippen LogP contribution is 2.27. The molecule has 6 heteroatoms. The van der Waals surface area contributed by atoms with Crippen LogP contribution in [-0.4, -0.2) is 39.4 Å². The number of nitrogens with zero attached hydrogens (tertiary/aromatic N) is 3. The van der Waals surface area contributed by atoms with Crippen molar-refractivity contribution in [3.05, 3.63) is 65.6 Å². The Kier molecular flexibility index (Phi) is 4.32. The van der Waals surface area contributed by atoms with Crippen LogP contribution < -0.4 is 4.74 Å². The summed E-state index contributed by atoms with van der Waals surface area (Å²) in [5, 5.41) is 0.617. The van der Waals surface area contributed by atoms with Crippen LogP contribution in [0, 0.1) is 0 Å². The van der Waals surface area contributed by atoms with E-state index in [9.17, 15) is 4.79 Å². The van der Waals surface area contributed by atoms with Crippen molar-refractivity contribution in [2.24, 2.45) is 0 Å². The number of hydrogen-bond donors (Lipinski definition) is 0. The summed E-state index contributed by atoms with van der Waals surface area (Å²) in [6, 6.07) is 13.2. The van der Waals surface area contributed by atoms with E-state index in [0.29, 0.717) is 29.6 Å². The lowest BCUT2D eigenvalue weighted by Gasteiger charge is -2.32. The summed E-state index contributed by atoms with van der Waals surface area (Å²) in [5.41, 5.74) is 1.38. The first-order chi connectivity index (χ1) is 12.2. The Bertz CT molecular complexity index is 900. The van der Waals surface area contributed by atoms with E-state index >= 15 is 0 Å². The maximum Gasteiger partial charge on any atom is 0.272 e. The number of likely N-dealkylation sites (tertiary alicyclic amines) is 1. The fraction of sp³-hybridized carbons (Fsp3) is 0.263. The van der Waals surface area contributed by atoms with Crippen LogP contribution in [0.5, 0.6) is 5.75 Å². The monoisotopic (exact) mass is 355 g/mol. The average molecular weight is 356 g/mol. The molecule has 0 aliphatic carbocycles. The molecule has 1 aliphatic rings. The molecule has 128 valence electrons. The first kappa shape index (κ1) is 16.0. The number of fused-ring (bicyclic) bond motifs is 1. The Morgan fingerprint density at radius 2 is 1.88 bits per heavy atom. The van der Waals surface area contributed by atoms with Gasteiger partial charge in [0.15, 0.2) is 0 Å². The Hall–Kier alpha value is -2.53. The summed E-state index contributed by atoms with van der Waals surface area (Å²) in [5.74, 6) is 0.714. The fourth-order valence-corrected chi connectivity index (χ4v) is 3.33. The number of para-hydroxylation sites is 1. The average Bonchev–Trinajstić information content (AvgIpc) is 3.08. The molecule has 1 fully saturated rings. The van der Waals surface area contributed by atoms with E-state index < -0.39 is 0 Å². The third kappa shape index (κ3) is 3.20. The van der Waals surface area contributed by atoms with Gasteiger partial charge in [-0.3, -0.25) is 9.20 Å². The van der Waals surface area contributed by atoms with Gasteiger partial charge in [-0.25, -0.2) is 4.98 Å². The van der Waals surface area contributed by atoms with E-state index in [1.54, 1.807) is 6.20 Å². The molecule has 0 radical (unpaired) electrons. The van der Waals surface area contributed by atoms with Gasteiger partial charge in [-0.1, -0.05) is 29.8 Å². The molecule has 0 N–H and O–H groups in total. The van der Waals surface area contributed by atoms with Crippen molar-refractivity contribution < 1.29 is 9.53 Å². The predicted octanol–water partition coefficient (Wildman–Crippen LogP) is 3.67. The van der Waals surface area contributed by atoms with Gasteiger partial charge < -0.3 is 9.64 Å². The van der Waals surface area contributed by atoms with Crippen molar-refractivity contribution in [3.63, 3.8) is 0 Å². The summed E-state index contributed by atoms with van der Waals surface area (Å²) in [6.07, 6.45) is 5.15. The third-order valence-electron chi connectivity index (χ3n) is 4.50. The van der Waals surface area contributed by atoms with Crippen LogP contribution in [-0.2, 0) is 0 Å². The standard InChI is InChI=1S/C19H18ClN3O2/c20-15-5-1-2-6-17(15)25-14-8-11-22(12-9-14)19(24)16-13-21-18-7-3-4-10-23(16)18/h1-7,10,13-14H,8-9,11-12H2. The van der Waals surface area contributed by atoms with Crippen molar-refractivity contribution in [1.82, 2.24) is 14.3 Å². The molecular formula is C19H18ClN3O2. The molecule has 5 nitrogen and oxygen atoms in total. The van der Waals surface area contributed by atoms with Crippen LogP contribution in [0.1, 0.15) is 23.3 Å². The zero-order valence-corrected chi connectivity index (χ0v) is 14.4. The van der Waals surface area contributed by atoms with Gasteiger partial charge in [0.2, 0.25) is 0 Å². The van der Waals surface area contributed by atoms with Gasteiger partial charge in [0, 0.05) is 32.1 Å². The van der Waals surface area contributed by atoms with E-state index in [1.165, 1.54) is 0 Å². The predicted molar refractivity (Wildman–Crippen MR) is 96.2 cm³/mol. The Morgan fingerprint density at radius 1 is 1.12 bits per heavy atom. The van der Waals surface area contributed by atoms with Crippen LogP contribution in [0.15, 0.2) is 54.9 Å². The minimum absolute atomic E-state index is 0.00916. The number of benzene rings is 1. The lowest BCUT2D eigenvalue weighted by molar-refractivity contribution is 0.0589. The molecular weight excluding hydrogens is 338 g/mol. The number of pyridine rings is 1. The number of halogens is 1. The van der Waals surface area contributed by atoms with Gasteiger partial charge in [-0.05, 0) is 24.3 Å². The molecule has 2 aromatic heterocycles. The van der Waals surface area contributed by atoms with Crippen LogP contribution in [0.25, 0.3) is 5.65 Å². The number of hydrogen-bond acceptors (Lipinski definition) is 3. The zero-order chi connectivity index (χ0) is 17.2. The molecule has 4 rings (SSSR count). The highest BCUT2D eigenvalue weighted by atomic mass is 35.5. The summed E-state index contributed by atoms with van der Waals surface area (Å²) in [7, 11) is 0. The van der Waals surface area contributed by atoms with Crippen molar-refractivity contribution >= 4 is 23.2 Å². The topological polar surface area (TPSA) is 46.8 Å². The van der Waals surface area contributed by atoms with Gasteiger partial charge in [-0.15, -0.1) is 0 Å². The number of carbonyl (C=O) groups is 1. The third-order valence-corrected chi connectivity index (χ3v) is 4.81. The lowest BCUT2D eigenvalue weighted by Crippen LogP contribution is -2.42. The van der Waals surface area contributed by atoms with Crippen LogP contribution in [0.2, 0.25) is 5.02 Å². The van der Waals surface area contributed by atoms with Crippen molar-refractivity contribution in [2.75, 3.05) is 13.1 Å². The summed E-state index contributed by atoms with van der Waals surface area (Å²) in [6.45, 7) is 1.32. The van der Waals surface area contributed by atoms with E-state index in [2.05, 4.69) is 4.98 Å². The number of ether oxygens (including phenoxy) is 1. The molecule has 0 unspecified atom stereocenters. The lowest BCUT2D eigenvalue weighted by atomic mass is 10.1. The quantitative estimate of drug-likeness (QED) is 0.720. The Labute approximate surface area is 150 Å². The number of rotatable bonds is 3. The van der Waals surface area contributed by atoms with Gasteiger partial charge in [0.1, 0.15) is 23.2 Å². The highest BCUT2D eigenvalue weighted by Gasteiger charge is 2.26. The molecule has 0 spiro atoms. The van der Waals surface area contributed by atoms with E-state index in [4.69, 9.17) is 16.3 Å². The first-order valence-corrected chi connectivity index (χ1v) is 8.73. The molecule has 0 atom stereocenters. The SMILES string of the molecule is O=C(c1cnc2ccccn12)N1CCC(Oc2ccccc2Cl)CC1. The summed E-state index contributed by atoms with van der Waals surface area (Å²) >= 11 is 6.15. The molecule has 3 aromatic rings. The number of carbonyl (C=O) groups excluding carboxylic acids is 1. The summed E-state index contributed by atoms with van der Waals surface area (Å²) in [4.78, 5) is 19.0. The number of aromatic nitrogens is 2. The van der Waals surface area contributed by atoms with Crippen molar-refractivity contribution in [3.8, 4) is 5.75 Å². The minimum atomic E-state index is 0.00916. The molecule has 0 bridgehead atoms.